The van der Waals surface area contributed by atoms with Crippen molar-refractivity contribution < 1.29 is 19.6 Å². The van der Waals surface area contributed by atoms with E-state index in [1.54, 1.807) is 24.3 Å². The highest BCUT2D eigenvalue weighted by atomic mass is 79.9. The fraction of sp³-hybridized carbons (Fsp3) is 0.0667. The van der Waals surface area contributed by atoms with E-state index < -0.39 is 10.8 Å². The Kier molecular flexibility index (Phi) is 6.31. The number of rotatable bonds is 6. The summed E-state index contributed by atoms with van der Waals surface area (Å²) in [6, 6.07) is 8.82. The number of non-ortho nitro benzene ring substituents is 1. The number of hydrogen-bond donors (Lipinski definition) is 2. The lowest BCUT2D eigenvalue weighted by Gasteiger charge is -2.05. The van der Waals surface area contributed by atoms with Crippen LogP contribution in [0.1, 0.15) is 5.56 Å². The standard InChI is InChI=1S/C15H11BrClN3O5/c16-13-6-11(20(23)24)4-9(15(13)22)7-18-19-14(21)8-25-12-3-1-2-10(17)5-12/h1-7,22H,8H2,(H,19,21)/b18-7-. The van der Waals surface area contributed by atoms with E-state index in [0.717, 1.165) is 18.3 Å². The molecule has 0 fully saturated rings. The topological polar surface area (TPSA) is 114 Å². The molecule has 25 heavy (non-hydrogen) atoms. The zero-order valence-corrected chi connectivity index (χ0v) is 14.8. The van der Waals surface area contributed by atoms with E-state index in [9.17, 15) is 20.0 Å². The van der Waals surface area contributed by atoms with Crippen LogP contribution in [0.4, 0.5) is 5.69 Å². The number of amides is 1. The number of carbonyl (C=O) groups excluding carboxylic acids is 1. The summed E-state index contributed by atoms with van der Waals surface area (Å²) in [5.41, 5.74) is 2.02. The monoisotopic (exact) mass is 427 g/mol. The molecule has 0 radical (unpaired) electrons. The molecule has 0 saturated carbocycles. The lowest BCUT2D eigenvalue weighted by Crippen LogP contribution is -2.24. The van der Waals surface area contributed by atoms with Gasteiger partial charge in [0, 0.05) is 22.7 Å². The highest BCUT2D eigenvalue weighted by Gasteiger charge is 2.13. The third kappa shape index (κ3) is 5.44. The van der Waals surface area contributed by atoms with Gasteiger partial charge in [-0.3, -0.25) is 14.9 Å². The number of carbonyl (C=O) groups is 1. The average Bonchev–Trinajstić information content (AvgIpc) is 2.56. The molecule has 0 aliphatic carbocycles. The van der Waals surface area contributed by atoms with Gasteiger partial charge in [-0.15, -0.1) is 0 Å². The molecule has 2 rings (SSSR count). The van der Waals surface area contributed by atoms with Gasteiger partial charge >= 0.3 is 0 Å². The van der Waals surface area contributed by atoms with Crippen molar-refractivity contribution in [2.75, 3.05) is 6.61 Å². The Morgan fingerprint density at radius 2 is 2.20 bits per heavy atom. The Morgan fingerprint density at radius 3 is 2.88 bits per heavy atom. The van der Waals surface area contributed by atoms with Crippen LogP contribution >= 0.6 is 27.5 Å². The molecule has 0 aliphatic heterocycles. The number of nitrogens with zero attached hydrogens (tertiary/aromatic N) is 2. The van der Waals surface area contributed by atoms with Gasteiger partial charge in [-0.2, -0.15) is 5.10 Å². The van der Waals surface area contributed by atoms with Crippen LogP contribution in [0.25, 0.3) is 0 Å². The second-order valence-electron chi connectivity index (χ2n) is 4.66. The van der Waals surface area contributed by atoms with Crippen LogP contribution in [-0.2, 0) is 4.79 Å². The molecule has 0 aliphatic rings. The van der Waals surface area contributed by atoms with E-state index in [2.05, 4.69) is 26.5 Å². The van der Waals surface area contributed by atoms with E-state index in [0.29, 0.717) is 10.8 Å². The molecule has 0 bridgehead atoms. The molecular formula is C15H11BrClN3O5. The van der Waals surface area contributed by atoms with Crippen molar-refractivity contribution in [1.29, 1.82) is 0 Å². The summed E-state index contributed by atoms with van der Waals surface area (Å²) < 4.78 is 5.37. The molecule has 2 aromatic rings. The van der Waals surface area contributed by atoms with Gasteiger partial charge in [-0.25, -0.2) is 5.43 Å². The van der Waals surface area contributed by atoms with Gasteiger partial charge in [0.2, 0.25) is 0 Å². The second kappa shape index (κ2) is 8.45. The third-order valence-electron chi connectivity index (χ3n) is 2.85. The van der Waals surface area contributed by atoms with E-state index in [1.165, 1.54) is 0 Å². The summed E-state index contributed by atoms with van der Waals surface area (Å²) >= 11 is 8.80. The van der Waals surface area contributed by atoms with Crippen LogP contribution in [0.2, 0.25) is 5.02 Å². The molecule has 0 heterocycles. The molecular weight excluding hydrogens is 418 g/mol. The quantitative estimate of drug-likeness (QED) is 0.416. The van der Waals surface area contributed by atoms with Crippen molar-refractivity contribution in [3.63, 3.8) is 0 Å². The number of nitro benzene ring substituents is 1. The number of phenols is 1. The Bertz CT molecular complexity index is 844. The molecule has 0 aromatic heterocycles. The SMILES string of the molecule is O=C(COc1cccc(Cl)c1)N/N=C\c1cc([N+](=O)[O-])cc(Br)c1O. The van der Waals surface area contributed by atoms with Crippen LogP contribution in [0.15, 0.2) is 46.0 Å². The normalized spacial score (nSPS) is 10.6. The summed E-state index contributed by atoms with van der Waals surface area (Å²) in [5.74, 6) is -0.370. The zero-order valence-electron chi connectivity index (χ0n) is 12.5. The van der Waals surface area contributed by atoms with E-state index in [1.807, 2.05) is 0 Å². The maximum Gasteiger partial charge on any atom is 0.277 e. The summed E-state index contributed by atoms with van der Waals surface area (Å²) in [7, 11) is 0. The van der Waals surface area contributed by atoms with E-state index in [4.69, 9.17) is 16.3 Å². The van der Waals surface area contributed by atoms with Crippen LogP contribution in [0, 0.1) is 10.1 Å². The van der Waals surface area contributed by atoms with Crippen molar-refractivity contribution in [2.24, 2.45) is 5.10 Å². The van der Waals surface area contributed by atoms with Gasteiger partial charge in [0.1, 0.15) is 11.5 Å². The van der Waals surface area contributed by atoms with E-state index in [-0.39, 0.29) is 28.1 Å². The Morgan fingerprint density at radius 1 is 1.44 bits per heavy atom. The predicted molar refractivity (Wildman–Crippen MR) is 95.1 cm³/mol. The van der Waals surface area contributed by atoms with Crippen LogP contribution in [0.5, 0.6) is 11.5 Å². The van der Waals surface area contributed by atoms with Gasteiger partial charge in [0.15, 0.2) is 6.61 Å². The van der Waals surface area contributed by atoms with Crippen LogP contribution in [-0.4, -0.2) is 28.8 Å². The number of benzene rings is 2. The summed E-state index contributed by atoms with van der Waals surface area (Å²) in [5, 5.41) is 24.8. The Hall–Kier alpha value is -2.65. The minimum atomic E-state index is -0.612. The van der Waals surface area contributed by atoms with Gasteiger partial charge < -0.3 is 9.84 Å². The molecule has 2 N–H and O–H groups in total. The molecule has 0 unspecified atom stereocenters. The van der Waals surface area contributed by atoms with Crippen molar-refractivity contribution in [3.8, 4) is 11.5 Å². The number of nitrogens with one attached hydrogen (secondary N) is 1. The third-order valence-corrected chi connectivity index (χ3v) is 3.69. The fourth-order valence-electron chi connectivity index (χ4n) is 1.72. The van der Waals surface area contributed by atoms with E-state index >= 15 is 0 Å². The average molecular weight is 429 g/mol. The van der Waals surface area contributed by atoms with Gasteiger partial charge in [0.05, 0.1) is 15.6 Å². The lowest BCUT2D eigenvalue weighted by molar-refractivity contribution is -0.385. The number of phenolic OH excluding ortho intramolecular Hbond substituents is 1. The molecule has 0 atom stereocenters. The predicted octanol–water partition coefficient (Wildman–Crippen LogP) is 3.25. The summed E-state index contributed by atoms with van der Waals surface area (Å²) in [6.45, 7) is -0.303. The van der Waals surface area contributed by atoms with Crippen LogP contribution < -0.4 is 10.2 Å². The van der Waals surface area contributed by atoms with Gasteiger partial charge in [-0.05, 0) is 34.1 Å². The minimum absolute atomic E-state index is 0.0668. The molecule has 130 valence electrons. The maximum absolute atomic E-state index is 11.7. The number of nitro groups is 1. The largest absolute Gasteiger partial charge is 0.506 e. The van der Waals surface area contributed by atoms with Gasteiger partial charge in [0.25, 0.3) is 11.6 Å². The molecule has 8 nitrogen and oxygen atoms in total. The zero-order chi connectivity index (χ0) is 18.4. The molecule has 10 heteroatoms. The summed E-state index contributed by atoms with van der Waals surface area (Å²) in [4.78, 5) is 21.8. The van der Waals surface area contributed by atoms with Crippen molar-refractivity contribution in [3.05, 3.63) is 61.6 Å². The van der Waals surface area contributed by atoms with Crippen LogP contribution in [0.3, 0.4) is 0 Å². The number of hydrazone groups is 1. The smallest absolute Gasteiger partial charge is 0.277 e. The molecule has 2 aromatic carbocycles. The minimum Gasteiger partial charge on any atom is -0.506 e. The highest BCUT2D eigenvalue weighted by Crippen LogP contribution is 2.31. The number of aromatic hydroxyl groups is 1. The molecule has 0 spiro atoms. The van der Waals surface area contributed by atoms with Gasteiger partial charge in [-0.1, -0.05) is 17.7 Å². The van der Waals surface area contributed by atoms with Crippen molar-refractivity contribution >= 4 is 45.3 Å². The first-order chi connectivity index (χ1) is 11.9. The summed E-state index contributed by atoms with van der Waals surface area (Å²) in [6.07, 6.45) is 1.09. The Balaban J connectivity index is 1.96. The maximum atomic E-state index is 11.7. The first kappa shape index (κ1) is 18.7. The lowest BCUT2D eigenvalue weighted by atomic mass is 10.2. The number of halogens is 2. The van der Waals surface area contributed by atoms with Crippen molar-refractivity contribution in [2.45, 2.75) is 0 Å². The second-order valence-corrected chi connectivity index (χ2v) is 5.95. The fourth-order valence-corrected chi connectivity index (χ4v) is 2.36. The molecule has 0 saturated heterocycles. The number of ether oxygens (including phenoxy) is 1. The first-order valence-electron chi connectivity index (χ1n) is 6.74. The first-order valence-corrected chi connectivity index (χ1v) is 7.91. The highest BCUT2D eigenvalue weighted by molar-refractivity contribution is 9.10. The van der Waals surface area contributed by atoms with Crippen molar-refractivity contribution in [1.82, 2.24) is 5.43 Å². The Labute approximate surface area is 155 Å². The number of hydrogen-bond acceptors (Lipinski definition) is 6. The molecule has 1 amide bonds.